The Bertz CT molecular complexity index is 1140. The van der Waals surface area contributed by atoms with Gasteiger partial charge in [-0.15, -0.1) is 11.8 Å². The van der Waals surface area contributed by atoms with E-state index in [9.17, 15) is 4.79 Å². The molecular weight excluding hydrogens is 430 g/mol. The molecular formula is C23H25N3O5S. The maximum atomic E-state index is 12.6. The van der Waals surface area contributed by atoms with E-state index >= 15 is 0 Å². The van der Waals surface area contributed by atoms with Crippen LogP contribution in [-0.4, -0.2) is 49.9 Å². The molecule has 1 aromatic heterocycles. The monoisotopic (exact) mass is 455 g/mol. The van der Waals surface area contributed by atoms with Gasteiger partial charge in [-0.2, -0.15) is 5.10 Å². The van der Waals surface area contributed by atoms with Gasteiger partial charge in [0, 0.05) is 17.2 Å². The van der Waals surface area contributed by atoms with Gasteiger partial charge in [0.2, 0.25) is 5.91 Å². The minimum atomic E-state index is -0.203. The number of nitrogens with one attached hydrogen (secondary N) is 1. The standard InChI is InChI=1S/C23H25N3O5S/c1-13-21-22(16-10-18(30-4)19(31-5)11-17(16)29-3)32-12-20(27)24-23(21)26(25-13)14-6-8-15(28-2)9-7-14/h6-11,22H,12H2,1-5H3,(H,24,27)/t22-/m0/s1. The Morgan fingerprint density at radius 2 is 1.62 bits per heavy atom. The molecule has 9 heteroatoms. The molecule has 168 valence electrons. The number of aryl methyl sites for hydroxylation is 1. The fourth-order valence-corrected chi connectivity index (χ4v) is 5.00. The summed E-state index contributed by atoms with van der Waals surface area (Å²) in [5.74, 6) is 3.41. The molecule has 0 saturated carbocycles. The van der Waals surface area contributed by atoms with Gasteiger partial charge in [0.15, 0.2) is 11.5 Å². The molecule has 32 heavy (non-hydrogen) atoms. The second-order valence-electron chi connectivity index (χ2n) is 7.15. The molecule has 1 amide bonds. The number of hydrogen-bond acceptors (Lipinski definition) is 7. The fraction of sp³-hybridized carbons (Fsp3) is 0.304. The average Bonchev–Trinajstić information content (AvgIpc) is 3.03. The summed E-state index contributed by atoms with van der Waals surface area (Å²) >= 11 is 1.52. The summed E-state index contributed by atoms with van der Waals surface area (Å²) in [6, 6.07) is 11.2. The molecule has 0 saturated heterocycles. The Morgan fingerprint density at radius 3 is 2.25 bits per heavy atom. The number of carbonyl (C=O) groups is 1. The van der Waals surface area contributed by atoms with Gasteiger partial charge in [0.25, 0.3) is 0 Å². The molecule has 2 heterocycles. The number of aromatic nitrogens is 2. The van der Waals surface area contributed by atoms with Crippen molar-refractivity contribution in [2.45, 2.75) is 12.2 Å². The third-order valence-corrected chi connectivity index (χ3v) is 6.59. The summed E-state index contributed by atoms with van der Waals surface area (Å²) in [6.07, 6.45) is 0. The zero-order valence-electron chi connectivity index (χ0n) is 18.6. The highest BCUT2D eigenvalue weighted by Gasteiger charge is 2.33. The number of amides is 1. The van der Waals surface area contributed by atoms with Crippen molar-refractivity contribution in [3.05, 3.63) is 53.2 Å². The van der Waals surface area contributed by atoms with Gasteiger partial charge >= 0.3 is 0 Å². The normalized spacial score (nSPS) is 15.4. The van der Waals surface area contributed by atoms with E-state index in [-0.39, 0.29) is 11.2 Å². The number of carbonyl (C=O) groups excluding carboxylic acids is 1. The van der Waals surface area contributed by atoms with Crippen molar-refractivity contribution in [3.63, 3.8) is 0 Å². The minimum absolute atomic E-state index is 0.0899. The third kappa shape index (κ3) is 3.84. The van der Waals surface area contributed by atoms with Crippen LogP contribution in [0.3, 0.4) is 0 Å². The molecule has 4 rings (SSSR count). The molecule has 0 bridgehead atoms. The number of methoxy groups -OCH3 is 4. The van der Waals surface area contributed by atoms with Crippen LogP contribution in [0.25, 0.3) is 5.69 Å². The molecule has 0 spiro atoms. The van der Waals surface area contributed by atoms with Crippen LogP contribution in [0.5, 0.6) is 23.0 Å². The second-order valence-corrected chi connectivity index (χ2v) is 8.24. The zero-order chi connectivity index (χ0) is 22.8. The lowest BCUT2D eigenvalue weighted by Gasteiger charge is -2.20. The zero-order valence-corrected chi connectivity index (χ0v) is 19.4. The predicted octanol–water partition coefficient (Wildman–Crippen LogP) is 3.99. The van der Waals surface area contributed by atoms with Gasteiger partial charge < -0.3 is 24.3 Å². The van der Waals surface area contributed by atoms with Gasteiger partial charge in [-0.3, -0.25) is 4.79 Å². The van der Waals surface area contributed by atoms with Crippen molar-refractivity contribution in [1.82, 2.24) is 9.78 Å². The lowest BCUT2D eigenvalue weighted by atomic mass is 10.0. The average molecular weight is 456 g/mol. The van der Waals surface area contributed by atoms with E-state index in [1.165, 1.54) is 11.8 Å². The number of benzene rings is 2. The van der Waals surface area contributed by atoms with Crippen LogP contribution >= 0.6 is 11.8 Å². The number of ether oxygens (including phenoxy) is 4. The first-order valence-corrected chi connectivity index (χ1v) is 11.0. The van der Waals surface area contributed by atoms with E-state index < -0.39 is 0 Å². The van der Waals surface area contributed by atoms with Crippen LogP contribution < -0.4 is 24.3 Å². The Morgan fingerprint density at radius 1 is 0.969 bits per heavy atom. The van der Waals surface area contributed by atoms with E-state index in [0.29, 0.717) is 28.8 Å². The molecule has 0 aliphatic carbocycles. The van der Waals surface area contributed by atoms with Crippen LogP contribution in [0.15, 0.2) is 36.4 Å². The van der Waals surface area contributed by atoms with Crippen LogP contribution in [0.2, 0.25) is 0 Å². The van der Waals surface area contributed by atoms with Crippen molar-refractivity contribution < 1.29 is 23.7 Å². The second kappa shape index (κ2) is 9.04. The highest BCUT2D eigenvalue weighted by atomic mass is 32.2. The lowest BCUT2D eigenvalue weighted by molar-refractivity contribution is -0.113. The molecule has 0 radical (unpaired) electrons. The van der Waals surface area contributed by atoms with Gasteiger partial charge in [-0.05, 0) is 37.3 Å². The van der Waals surface area contributed by atoms with Crippen molar-refractivity contribution in [1.29, 1.82) is 0 Å². The van der Waals surface area contributed by atoms with Crippen LogP contribution in [0.1, 0.15) is 22.1 Å². The molecule has 0 unspecified atom stereocenters. The number of hydrogen-bond donors (Lipinski definition) is 1. The Balaban J connectivity index is 1.89. The number of fused-ring (bicyclic) bond motifs is 1. The van der Waals surface area contributed by atoms with Crippen molar-refractivity contribution >= 4 is 23.5 Å². The molecule has 1 atom stereocenters. The van der Waals surface area contributed by atoms with E-state index in [0.717, 1.165) is 28.3 Å². The van der Waals surface area contributed by atoms with E-state index in [2.05, 4.69) is 5.32 Å². The Hall–Kier alpha value is -3.33. The molecule has 1 aliphatic rings. The molecule has 8 nitrogen and oxygen atoms in total. The summed E-state index contributed by atoms with van der Waals surface area (Å²) < 4.78 is 23.7. The highest BCUT2D eigenvalue weighted by molar-refractivity contribution is 8.00. The molecule has 2 aromatic carbocycles. The van der Waals surface area contributed by atoms with Crippen LogP contribution in [0.4, 0.5) is 5.82 Å². The number of anilines is 1. The topological polar surface area (TPSA) is 83.8 Å². The maximum absolute atomic E-state index is 12.6. The summed E-state index contributed by atoms with van der Waals surface area (Å²) in [6.45, 7) is 1.94. The molecule has 1 aliphatic heterocycles. The molecule has 3 aromatic rings. The van der Waals surface area contributed by atoms with E-state index in [1.807, 2.05) is 37.3 Å². The maximum Gasteiger partial charge on any atom is 0.235 e. The van der Waals surface area contributed by atoms with E-state index in [1.54, 1.807) is 39.2 Å². The fourth-order valence-electron chi connectivity index (χ4n) is 3.80. The van der Waals surface area contributed by atoms with Crippen molar-refractivity contribution in [2.75, 3.05) is 39.5 Å². The SMILES string of the molecule is COc1ccc(-n2nc(C)c3c2NC(=O)CS[C@H]3c2cc(OC)c(OC)cc2OC)cc1. The Labute approximate surface area is 190 Å². The predicted molar refractivity (Wildman–Crippen MR) is 124 cm³/mol. The van der Waals surface area contributed by atoms with Crippen molar-refractivity contribution in [2.24, 2.45) is 0 Å². The first kappa shape index (κ1) is 21.9. The smallest absolute Gasteiger partial charge is 0.235 e. The van der Waals surface area contributed by atoms with Gasteiger partial charge in [0.1, 0.15) is 17.3 Å². The number of rotatable bonds is 6. The molecule has 0 fully saturated rings. The number of nitrogens with zero attached hydrogens (tertiary/aromatic N) is 2. The third-order valence-electron chi connectivity index (χ3n) is 5.34. The summed E-state index contributed by atoms with van der Waals surface area (Å²) in [5, 5.41) is 7.59. The summed E-state index contributed by atoms with van der Waals surface area (Å²) in [7, 11) is 6.42. The largest absolute Gasteiger partial charge is 0.497 e. The van der Waals surface area contributed by atoms with Gasteiger partial charge in [0.05, 0.1) is 50.8 Å². The van der Waals surface area contributed by atoms with Crippen molar-refractivity contribution in [3.8, 4) is 28.7 Å². The summed E-state index contributed by atoms with van der Waals surface area (Å²) in [5.41, 5.74) is 3.43. The first-order valence-electron chi connectivity index (χ1n) is 9.96. The molecule has 1 N–H and O–H groups in total. The van der Waals surface area contributed by atoms with Gasteiger partial charge in [-0.25, -0.2) is 4.68 Å². The Kier molecular flexibility index (Phi) is 6.18. The van der Waals surface area contributed by atoms with Gasteiger partial charge in [-0.1, -0.05) is 0 Å². The lowest BCUT2D eigenvalue weighted by Crippen LogP contribution is -2.15. The minimum Gasteiger partial charge on any atom is -0.497 e. The van der Waals surface area contributed by atoms with Crippen LogP contribution in [0, 0.1) is 6.92 Å². The van der Waals surface area contributed by atoms with Crippen LogP contribution in [-0.2, 0) is 4.79 Å². The quantitative estimate of drug-likeness (QED) is 0.602. The summed E-state index contributed by atoms with van der Waals surface area (Å²) in [4.78, 5) is 12.6. The van der Waals surface area contributed by atoms with E-state index in [4.69, 9.17) is 24.0 Å². The first-order chi connectivity index (χ1) is 15.5. The number of thioether (sulfide) groups is 1. The highest BCUT2D eigenvalue weighted by Crippen LogP contribution is 2.49.